The summed E-state index contributed by atoms with van der Waals surface area (Å²) in [6, 6.07) is 6.90. The number of aryl methyl sites for hydroxylation is 2. The molecule has 4 heteroatoms. The molecule has 0 aliphatic rings. The lowest BCUT2D eigenvalue weighted by Crippen LogP contribution is -2.14. The molecule has 17 heavy (non-hydrogen) atoms. The van der Waals surface area contributed by atoms with Crippen molar-refractivity contribution in [3.8, 4) is 0 Å². The number of rotatable bonds is 2. The zero-order chi connectivity index (χ0) is 12.6. The Morgan fingerprint density at radius 3 is 2.59 bits per heavy atom. The molecule has 1 aromatic carbocycles. The number of hydrogen-bond acceptors (Lipinski definition) is 2. The van der Waals surface area contributed by atoms with Gasteiger partial charge in [-0.05, 0) is 47.0 Å². The van der Waals surface area contributed by atoms with Gasteiger partial charge in [-0.15, -0.1) is 11.3 Å². The monoisotopic (exact) mass is 313 g/mol. The van der Waals surface area contributed by atoms with E-state index in [0.717, 1.165) is 14.2 Å². The van der Waals surface area contributed by atoms with Gasteiger partial charge in [0.1, 0.15) is 5.82 Å². The summed E-state index contributed by atoms with van der Waals surface area (Å²) in [7, 11) is 0. The van der Waals surface area contributed by atoms with E-state index in [1.54, 1.807) is 30.4 Å². The minimum absolute atomic E-state index is 0.207. The van der Waals surface area contributed by atoms with Gasteiger partial charge in [0.05, 0.1) is 9.83 Å². The summed E-state index contributed by atoms with van der Waals surface area (Å²) in [5, 5.41) is 0. The Hall–Kier alpha value is -0.710. The zero-order valence-electron chi connectivity index (χ0n) is 9.63. The summed E-state index contributed by atoms with van der Waals surface area (Å²) in [5.74, 6) is -0.207. The Kier molecular flexibility index (Phi) is 3.66. The molecule has 1 unspecified atom stereocenters. The van der Waals surface area contributed by atoms with Crippen LogP contribution in [0.4, 0.5) is 4.39 Å². The Morgan fingerprint density at radius 2 is 2.00 bits per heavy atom. The molecule has 2 aromatic rings. The Balaban J connectivity index is 2.47. The highest BCUT2D eigenvalue weighted by atomic mass is 79.9. The maximum atomic E-state index is 14.0. The molecule has 2 rings (SSSR count). The Labute approximate surface area is 113 Å². The van der Waals surface area contributed by atoms with E-state index in [4.69, 9.17) is 5.73 Å². The van der Waals surface area contributed by atoms with Crippen molar-refractivity contribution in [2.45, 2.75) is 19.9 Å². The smallest absolute Gasteiger partial charge is 0.131 e. The highest BCUT2D eigenvalue weighted by Gasteiger charge is 2.18. The molecular weight excluding hydrogens is 301 g/mol. The predicted octanol–water partition coefficient (Wildman–Crippen LogP) is 4.31. The quantitative estimate of drug-likeness (QED) is 0.878. The second-order valence-electron chi connectivity index (χ2n) is 4.02. The fourth-order valence-corrected chi connectivity index (χ4v) is 3.60. The summed E-state index contributed by atoms with van der Waals surface area (Å²) in [6.45, 7) is 3.75. The first-order chi connectivity index (χ1) is 8.00. The average molecular weight is 314 g/mol. The first-order valence-corrected chi connectivity index (χ1v) is 6.88. The topological polar surface area (TPSA) is 26.0 Å². The third-order valence-electron chi connectivity index (χ3n) is 2.82. The highest BCUT2D eigenvalue weighted by molar-refractivity contribution is 9.11. The standard InChI is InChI=1S/C13H13BrFNS/c1-7-4-3-5-9(12(7)15)13(16)10-6-11(14)17-8(10)2/h3-6,13H,16H2,1-2H3. The van der Waals surface area contributed by atoms with E-state index in [-0.39, 0.29) is 5.82 Å². The molecule has 2 N–H and O–H groups in total. The van der Waals surface area contributed by atoms with Crippen LogP contribution in [0, 0.1) is 19.7 Å². The first-order valence-electron chi connectivity index (χ1n) is 5.27. The van der Waals surface area contributed by atoms with Crippen LogP contribution in [0.5, 0.6) is 0 Å². The summed E-state index contributed by atoms with van der Waals surface area (Å²) in [5.41, 5.74) is 8.31. The fraction of sp³-hybridized carbons (Fsp3) is 0.231. The van der Waals surface area contributed by atoms with E-state index < -0.39 is 6.04 Å². The summed E-state index contributed by atoms with van der Waals surface area (Å²) in [6.07, 6.45) is 0. The van der Waals surface area contributed by atoms with Gasteiger partial charge in [0, 0.05) is 10.4 Å². The van der Waals surface area contributed by atoms with Crippen LogP contribution in [0.15, 0.2) is 28.1 Å². The summed E-state index contributed by atoms with van der Waals surface area (Å²) >= 11 is 5.04. The lowest BCUT2D eigenvalue weighted by atomic mass is 9.98. The predicted molar refractivity (Wildman–Crippen MR) is 73.9 cm³/mol. The van der Waals surface area contributed by atoms with E-state index >= 15 is 0 Å². The second-order valence-corrected chi connectivity index (χ2v) is 6.65. The molecule has 0 radical (unpaired) electrons. The molecule has 0 fully saturated rings. The van der Waals surface area contributed by atoms with Gasteiger partial charge >= 0.3 is 0 Å². The van der Waals surface area contributed by atoms with Crippen molar-refractivity contribution in [2.75, 3.05) is 0 Å². The number of halogens is 2. The maximum Gasteiger partial charge on any atom is 0.131 e. The normalized spacial score (nSPS) is 12.8. The molecular formula is C13H13BrFNS. The number of benzene rings is 1. The van der Waals surface area contributed by atoms with Gasteiger partial charge in [0.15, 0.2) is 0 Å². The third-order valence-corrected chi connectivity index (χ3v) is 4.39. The summed E-state index contributed by atoms with van der Waals surface area (Å²) < 4.78 is 15.0. The van der Waals surface area contributed by atoms with Crippen molar-refractivity contribution >= 4 is 27.3 Å². The van der Waals surface area contributed by atoms with Gasteiger partial charge in [-0.2, -0.15) is 0 Å². The lowest BCUT2D eigenvalue weighted by molar-refractivity contribution is 0.591. The van der Waals surface area contributed by atoms with Crippen molar-refractivity contribution in [3.63, 3.8) is 0 Å². The summed E-state index contributed by atoms with van der Waals surface area (Å²) in [4.78, 5) is 1.12. The average Bonchev–Trinajstić information content (AvgIpc) is 2.61. The van der Waals surface area contributed by atoms with Crippen LogP contribution >= 0.6 is 27.3 Å². The number of thiophene rings is 1. The SMILES string of the molecule is Cc1cccc(C(N)c2cc(Br)sc2C)c1F. The lowest BCUT2D eigenvalue weighted by Gasteiger charge is -2.14. The Bertz CT molecular complexity index is 550. The molecule has 1 aromatic heterocycles. The second kappa shape index (κ2) is 4.88. The number of hydrogen-bond donors (Lipinski definition) is 1. The van der Waals surface area contributed by atoms with E-state index in [9.17, 15) is 4.39 Å². The molecule has 0 amide bonds. The molecule has 1 atom stereocenters. The van der Waals surface area contributed by atoms with Crippen molar-refractivity contribution in [1.29, 1.82) is 0 Å². The molecule has 0 bridgehead atoms. The molecule has 1 heterocycles. The van der Waals surface area contributed by atoms with E-state index in [0.29, 0.717) is 11.1 Å². The van der Waals surface area contributed by atoms with E-state index in [1.165, 1.54) is 0 Å². The molecule has 0 saturated carbocycles. The molecule has 1 nitrogen and oxygen atoms in total. The van der Waals surface area contributed by atoms with Gasteiger partial charge < -0.3 is 5.73 Å². The van der Waals surface area contributed by atoms with Gasteiger partial charge in [0.2, 0.25) is 0 Å². The van der Waals surface area contributed by atoms with Gasteiger partial charge in [-0.1, -0.05) is 18.2 Å². The van der Waals surface area contributed by atoms with Crippen molar-refractivity contribution in [2.24, 2.45) is 5.73 Å². The zero-order valence-corrected chi connectivity index (χ0v) is 12.0. The van der Waals surface area contributed by atoms with Crippen LogP contribution in [-0.4, -0.2) is 0 Å². The van der Waals surface area contributed by atoms with Crippen LogP contribution in [-0.2, 0) is 0 Å². The highest BCUT2D eigenvalue weighted by Crippen LogP contribution is 2.33. The van der Waals surface area contributed by atoms with Gasteiger partial charge in [-0.25, -0.2) is 4.39 Å². The Morgan fingerprint density at radius 1 is 1.29 bits per heavy atom. The van der Waals surface area contributed by atoms with Crippen molar-refractivity contribution in [3.05, 3.63) is 55.4 Å². The van der Waals surface area contributed by atoms with Gasteiger partial charge in [-0.3, -0.25) is 0 Å². The molecule has 90 valence electrons. The molecule has 0 aliphatic heterocycles. The van der Waals surface area contributed by atoms with Gasteiger partial charge in [0.25, 0.3) is 0 Å². The minimum atomic E-state index is -0.405. The number of nitrogens with two attached hydrogens (primary N) is 1. The van der Waals surface area contributed by atoms with E-state index in [1.807, 2.05) is 19.1 Å². The van der Waals surface area contributed by atoms with Crippen molar-refractivity contribution in [1.82, 2.24) is 0 Å². The molecule has 0 aliphatic carbocycles. The molecule has 0 saturated heterocycles. The fourth-order valence-electron chi connectivity index (χ4n) is 1.85. The van der Waals surface area contributed by atoms with E-state index in [2.05, 4.69) is 15.9 Å². The maximum absolute atomic E-state index is 14.0. The van der Waals surface area contributed by atoms with Crippen LogP contribution < -0.4 is 5.73 Å². The first kappa shape index (κ1) is 12.7. The van der Waals surface area contributed by atoms with Crippen LogP contribution in [0.25, 0.3) is 0 Å². The third kappa shape index (κ3) is 2.44. The van der Waals surface area contributed by atoms with Crippen LogP contribution in [0.3, 0.4) is 0 Å². The molecule has 0 spiro atoms. The minimum Gasteiger partial charge on any atom is -0.320 e. The van der Waals surface area contributed by atoms with Crippen LogP contribution in [0.1, 0.15) is 27.6 Å². The van der Waals surface area contributed by atoms with Crippen LogP contribution in [0.2, 0.25) is 0 Å². The largest absolute Gasteiger partial charge is 0.320 e. The van der Waals surface area contributed by atoms with Crippen molar-refractivity contribution < 1.29 is 4.39 Å².